The first-order valence-corrected chi connectivity index (χ1v) is 8.93. The van der Waals surface area contributed by atoms with E-state index in [-0.39, 0.29) is 17.0 Å². The number of fused-ring (bicyclic) bond motifs is 1. The number of hydrogen-bond donors (Lipinski definition) is 3. The number of carbonyl (C=O) groups excluding carboxylic acids is 1. The molecule has 2 aromatic rings. The normalized spacial score (nSPS) is 16.5. The second-order valence-corrected chi connectivity index (χ2v) is 7.24. The molecule has 7 heteroatoms. The van der Waals surface area contributed by atoms with Crippen molar-refractivity contribution in [1.82, 2.24) is 20.1 Å². The van der Waals surface area contributed by atoms with Crippen molar-refractivity contribution in [1.29, 1.82) is 0 Å². The first kappa shape index (κ1) is 17.7. The van der Waals surface area contributed by atoms with E-state index in [2.05, 4.69) is 15.4 Å². The summed E-state index contributed by atoms with van der Waals surface area (Å²) in [6, 6.07) is 0. The lowest BCUT2D eigenvalue weighted by Crippen LogP contribution is -2.51. The van der Waals surface area contributed by atoms with Gasteiger partial charge in [-0.2, -0.15) is 0 Å². The van der Waals surface area contributed by atoms with Crippen LogP contribution in [0.15, 0.2) is 4.79 Å². The lowest BCUT2D eigenvalue weighted by molar-refractivity contribution is -0.122. The number of pyridine rings is 1. The molecule has 0 radical (unpaired) electrons. The smallest absolute Gasteiger partial charge is 0.273 e. The summed E-state index contributed by atoms with van der Waals surface area (Å²) >= 11 is 0. The third kappa shape index (κ3) is 3.20. The van der Waals surface area contributed by atoms with Gasteiger partial charge in [0.25, 0.3) is 5.56 Å². The second kappa shape index (κ2) is 6.63. The molecule has 1 saturated carbocycles. The minimum absolute atomic E-state index is 0.0215. The Kier molecular flexibility index (Phi) is 4.69. The highest BCUT2D eigenvalue weighted by Gasteiger charge is 2.33. The molecule has 1 amide bonds. The number of hydrogen-bond acceptors (Lipinski definition) is 4. The number of aromatic amines is 1. The molecule has 0 bridgehead atoms. The lowest BCUT2D eigenvalue weighted by atomic mass is 9.96. The zero-order valence-electron chi connectivity index (χ0n) is 15.2. The van der Waals surface area contributed by atoms with Crippen LogP contribution in [-0.2, 0) is 18.3 Å². The molecule has 1 aliphatic carbocycles. The molecule has 7 nitrogen and oxygen atoms in total. The van der Waals surface area contributed by atoms with Gasteiger partial charge in [0, 0.05) is 25.7 Å². The van der Waals surface area contributed by atoms with Crippen molar-refractivity contribution in [2.24, 2.45) is 12.8 Å². The van der Waals surface area contributed by atoms with Crippen LogP contribution in [0.4, 0.5) is 0 Å². The Bertz CT molecular complexity index is 858. The monoisotopic (exact) mass is 345 g/mol. The summed E-state index contributed by atoms with van der Waals surface area (Å²) in [4.78, 5) is 29.1. The summed E-state index contributed by atoms with van der Waals surface area (Å²) < 4.78 is 1.64. The largest absolute Gasteiger partial charge is 0.349 e. The van der Waals surface area contributed by atoms with Crippen LogP contribution in [0.3, 0.4) is 0 Å². The fourth-order valence-electron chi connectivity index (χ4n) is 4.05. The Labute approximate surface area is 147 Å². The first-order valence-electron chi connectivity index (χ1n) is 8.93. The highest BCUT2D eigenvalue weighted by Crippen LogP contribution is 2.29. The van der Waals surface area contributed by atoms with Crippen molar-refractivity contribution < 1.29 is 4.79 Å². The summed E-state index contributed by atoms with van der Waals surface area (Å²) in [5.74, 6) is 0.0215. The average Bonchev–Trinajstić information content (AvgIpc) is 3.12. The Balaban J connectivity index is 1.78. The topological polar surface area (TPSA) is 106 Å². The fraction of sp³-hybridized carbons (Fsp3) is 0.611. The van der Waals surface area contributed by atoms with Gasteiger partial charge in [0.2, 0.25) is 5.91 Å². The van der Waals surface area contributed by atoms with E-state index in [0.717, 1.165) is 42.5 Å². The zero-order chi connectivity index (χ0) is 18.2. The van der Waals surface area contributed by atoms with Gasteiger partial charge in [-0.1, -0.05) is 12.8 Å². The van der Waals surface area contributed by atoms with Gasteiger partial charge < -0.3 is 11.1 Å². The summed E-state index contributed by atoms with van der Waals surface area (Å²) in [7, 11) is 1.77. The number of nitrogens with one attached hydrogen (secondary N) is 2. The number of amides is 1. The van der Waals surface area contributed by atoms with E-state index >= 15 is 0 Å². The molecule has 0 unspecified atom stereocenters. The molecule has 4 N–H and O–H groups in total. The molecule has 2 aromatic heterocycles. The maximum atomic E-state index is 12.4. The molecule has 0 atom stereocenters. The average molecular weight is 345 g/mol. The second-order valence-electron chi connectivity index (χ2n) is 7.24. The van der Waals surface area contributed by atoms with Crippen molar-refractivity contribution in [2.75, 3.05) is 6.54 Å². The predicted molar refractivity (Wildman–Crippen MR) is 97.5 cm³/mol. The highest BCUT2D eigenvalue weighted by molar-refractivity contribution is 5.81. The van der Waals surface area contributed by atoms with Gasteiger partial charge in [-0.15, -0.1) is 0 Å². The number of aromatic nitrogens is 3. The Morgan fingerprint density at radius 1 is 1.36 bits per heavy atom. The zero-order valence-corrected chi connectivity index (χ0v) is 15.2. The number of H-pyrrole nitrogens is 1. The number of rotatable bonds is 5. The lowest BCUT2D eigenvalue weighted by Gasteiger charge is -2.28. The van der Waals surface area contributed by atoms with Gasteiger partial charge >= 0.3 is 0 Å². The fourth-order valence-corrected chi connectivity index (χ4v) is 4.05. The van der Waals surface area contributed by atoms with Gasteiger partial charge in [0.15, 0.2) is 5.65 Å². The van der Waals surface area contributed by atoms with Gasteiger partial charge in [-0.25, -0.2) is 4.98 Å². The summed E-state index contributed by atoms with van der Waals surface area (Å²) in [5.41, 5.74) is 8.93. The van der Waals surface area contributed by atoms with Crippen molar-refractivity contribution in [3.63, 3.8) is 0 Å². The Hall–Kier alpha value is -2.15. The third-order valence-corrected chi connectivity index (χ3v) is 5.53. The molecule has 136 valence electrons. The van der Waals surface area contributed by atoms with Crippen LogP contribution in [0.5, 0.6) is 0 Å². The van der Waals surface area contributed by atoms with Crippen LogP contribution in [0.25, 0.3) is 11.0 Å². The maximum absolute atomic E-state index is 12.4. The molecule has 0 aromatic carbocycles. The molecule has 0 aliphatic heterocycles. The van der Waals surface area contributed by atoms with Crippen LogP contribution >= 0.6 is 0 Å². The van der Waals surface area contributed by atoms with Gasteiger partial charge in [0.05, 0.1) is 10.9 Å². The van der Waals surface area contributed by atoms with Crippen LogP contribution in [0, 0.1) is 13.8 Å². The Morgan fingerprint density at radius 2 is 2.04 bits per heavy atom. The predicted octanol–water partition coefficient (Wildman–Crippen LogP) is 1.20. The molecule has 1 fully saturated rings. The van der Waals surface area contributed by atoms with E-state index in [1.807, 2.05) is 13.8 Å². The van der Waals surface area contributed by atoms with Crippen LogP contribution in [0.2, 0.25) is 0 Å². The van der Waals surface area contributed by atoms with Crippen LogP contribution in [0.1, 0.15) is 48.9 Å². The third-order valence-electron chi connectivity index (χ3n) is 5.53. The SMILES string of the molecule is Cc1nc2c(c(C)c1CCC(=O)NC1(CN)CCCC1)c(=O)[nH]n2C. The minimum Gasteiger partial charge on any atom is -0.349 e. The maximum Gasteiger partial charge on any atom is 0.273 e. The number of nitrogens with two attached hydrogens (primary N) is 1. The van der Waals surface area contributed by atoms with E-state index in [0.29, 0.717) is 30.4 Å². The minimum atomic E-state index is -0.222. The Morgan fingerprint density at radius 3 is 2.68 bits per heavy atom. The van der Waals surface area contributed by atoms with Gasteiger partial charge in [-0.3, -0.25) is 19.4 Å². The molecule has 0 spiro atoms. The highest BCUT2D eigenvalue weighted by atomic mass is 16.1. The van der Waals surface area contributed by atoms with E-state index in [1.54, 1.807) is 11.7 Å². The van der Waals surface area contributed by atoms with E-state index in [9.17, 15) is 9.59 Å². The number of carbonyl (C=O) groups is 1. The van der Waals surface area contributed by atoms with Crippen molar-refractivity contribution in [2.45, 2.75) is 57.9 Å². The summed E-state index contributed by atoms with van der Waals surface area (Å²) in [5, 5.41) is 6.50. The van der Waals surface area contributed by atoms with Gasteiger partial charge in [-0.05, 0) is 44.2 Å². The quantitative estimate of drug-likeness (QED) is 0.757. The molecule has 2 heterocycles. The number of nitrogens with zero attached hydrogens (tertiary/aromatic N) is 2. The van der Waals surface area contributed by atoms with Crippen LogP contribution < -0.4 is 16.6 Å². The van der Waals surface area contributed by atoms with Gasteiger partial charge in [0.1, 0.15) is 0 Å². The molecule has 25 heavy (non-hydrogen) atoms. The molecule has 1 aliphatic rings. The first-order chi connectivity index (χ1) is 11.9. The summed E-state index contributed by atoms with van der Waals surface area (Å²) in [6.45, 7) is 4.34. The van der Waals surface area contributed by atoms with Crippen molar-refractivity contribution in [3.8, 4) is 0 Å². The molecule has 3 rings (SSSR count). The standard InChI is InChI=1S/C18H27N5O2/c1-11-13(12(2)20-16-15(11)17(25)22-23(16)3)6-7-14(24)21-18(10-19)8-4-5-9-18/h4-10,19H2,1-3H3,(H,21,24)(H,22,25). The number of aryl methyl sites for hydroxylation is 3. The molecular formula is C18H27N5O2. The van der Waals surface area contributed by atoms with Crippen molar-refractivity contribution in [3.05, 3.63) is 27.2 Å². The van der Waals surface area contributed by atoms with E-state index in [1.165, 1.54) is 0 Å². The molecule has 0 saturated heterocycles. The van der Waals surface area contributed by atoms with E-state index in [4.69, 9.17) is 5.73 Å². The van der Waals surface area contributed by atoms with E-state index < -0.39 is 0 Å². The van der Waals surface area contributed by atoms with Crippen LogP contribution in [-0.4, -0.2) is 32.8 Å². The summed E-state index contributed by atoms with van der Waals surface area (Å²) in [6.07, 6.45) is 5.10. The molecular weight excluding hydrogens is 318 g/mol. The van der Waals surface area contributed by atoms with Crippen molar-refractivity contribution >= 4 is 16.9 Å².